The quantitative estimate of drug-likeness (QED) is 0.644. The smallest absolute Gasteiger partial charge is 0.255 e. The number of aliphatic hydroxyl groups is 1. The van der Waals surface area contributed by atoms with Gasteiger partial charge in [0.1, 0.15) is 5.69 Å². The van der Waals surface area contributed by atoms with Crippen molar-refractivity contribution in [1.29, 1.82) is 0 Å². The summed E-state index contributed by atoms with van der Waals surface area (Å²) in [6, 6.07) is 18.0. The van der Waals surface area contributed by atoms with Crippen molar-refractivity contribution in [2.75, 3.05) is 13.2 Å². The molecular formula is C21H23N3O2. The number of nitrogens with one attached hydrogen (secondary N) is 1. The lowest BCUT2D eigenvalue weighted by molar-refractivity contribution is 0.0951. The summed E-state index contributed by atoms with van der Waals surface area (Å²) in [6.45, 7) is 3.12. The molecule has 5 heteroatoms. The third-order valence-corrected chi connectivity index (χ3v) is 4.14. The Morgan fingerprint density at radius 2 is 1.85 bits per heavy atom. The molecule has 0 radical (unpaired) electrons. The molecule has 5 nitrogen and oxygen atoms in total. The van der Waals surface area contributed by atoms with E-state index in [4.69, 9.17) is 5.11 Å². The standard InChI is InChI=1S/C21H23N3O2/c1-16-8-10-18(11-9-16)20-19(21(26)22-12-5-13-25)15-24(23-20)14-17-6-3-2-4-7-17/h2-4,6-11,15,25H,5,12-14H2,1H3,(H,22,26). The van der Waals surface area contributed by atoms with Gasteiger partial charge in [-0.2, -0.15) is 5.10 Å². The molecule has 1 aromatic heterocycles. The van der Waals surface area contributed by atoms with Crippen molar-refractivity contribution >= 4 is 5.91 Å². The molecule has 3 rings (SSSR count). The van der Waals surface area contributed by atoms with Crippen LogP contribution in [0, 0.1) is 6.92 Å². The molecule has 0 unspecified atom stereocenters. The Balaban J connectivity index is 1.91. The van der Waals surface area contributed by atoms with Crippen LogP contribution in [-0.2, 0) is 6.54 Å². The molecule has 0 aliphatic carbocycles. The minimum Gasteiger partial charge on any atom is -0.396 e. The highest BCUT2D eigenvalue weighted by atomic mass is 16.3. The lowest BCUT2D eigenvalue weighted by Gasteiger charge is -2.04. The summed E-state index contributed by atoms with van der Waals surface area (Å²) in [5, 5.41) is 16.4. The van der Waals surface area contributed by atoms with Gasteiger partial charge >= 0.3 is 0 Å². The number of carbonyl (C=O) groups excluding carboxylic acids is 1. The van der Waals surface area contributed by atoms with E-state index in [1.54, 1.807) is 10.9 Å². The van der Waals surface area contributed by atoms with Gasteiger partial charge in [-0.05, 0) is 18.9 Å². The highest BCUT2D eigenvalue weighted by Crippen LogP contribution is 2.23. The van der Waals surface area contributed by atoms with Gasteiger partial charge in [0.25, 0.3) is 5.91 Å². The van der Waals surface area contributed by atoms with Crippen LogP contribution in [0.1, 0.15) is 27.9 Å². The van der Waals surface area contributed by atoms with Gasteiger partial charge in [0.05, 0.1) is 12.1 Å². The normalized spacial score (nSPS) is 10.7. The fraction of sp³-hybridized carbons (Fsp3) is 0.238. The minimum atomic E-state index is -0.173. The average Bonchev–Trinajstić information content (AvgIpc) is 3.07. The first-order valence-corrected chi connectivity index (χ1v) is 8.75. The van der Waals surface area contributed by atoms with E-state index in [1.807, 2.05) is 61.5 Å². The second kappa shape index (κ2) is 8.45. The van der Waals surface area contributed by atoms with E-state index in [-0.39, 0.29) is 12.5 Å². The van der Waals surface area contributed by atoms with E-state index in [0.717, 1.165) is 16.7 Å². The van der Waals surface area contributed by atoms with Crippen molar-refractivity contribution < 1.29 is 9.90 Å². The van der Waals surface area contributed by atoms with E-state index >= 15 is 0 Å². The van der Waals surface area contributed by atoms with Gasteiger partial charge in [-0.1, -0.05) is 60.2 Å². The number of carbonyl (C=O) groups is 1. The Labute approximate surface area is 153 Å². The van der Waals surface area contributed by atoms with E-state index in [0.29, 0.717) is 30.8 Å². The molecule has 0 aliphatic heterocycles. The number of aromatic nitrogens is 2. The van der Waals surface area contributed by atoms with Crippen molar-refractivity contribution in [3.05, 3.63) is 77.5 Å². The zero-order valence-corrected chi connectivity index (χ0v) is 14.9. The predicted molar refractivity (Wildman–Crippen MR) is 102 cm³/mol. The topological polar surface area (TPSA) is 67.2 Å². The van der Waals surface area contributed by atoms with Crippen LogP contribution >= 0.6 is 0 Å². The van der Waals surface area contributed by atoms with Gasteiger partial charge in [-0.3, -0.25) is 9.48 Å². The fourth-order valence-corrected chi connectivity index (χ4v) is 2.74. The number of aliphatic hydroxyl groups excluding tert-OH is 1. The number of hydrogen-bond donors (Lipinski definition) is 2. The maximum absolute atomic E-state index is 12.6. The van der Waals surface area contributed by atoms with Crippen molar-refractivity contribution in [1.82, 2.24) is 15.1 Å². The Morgan fingerprint density at radius 3 is 2.54 bits per heavy atom. The summed E-state index contributed by atoms with van der Waals surface area (Å²) >= 11 is 0. The molecule has 0 aliphatic rings. The summed E-state index contributed by atoms with van der Waals surface area (Å²) in [4.78, 5) is 12.6. The Kier molecular flexibility index (Phi) is 5.81. The molecular weight excluding hydrogens is 326 g/mol. The highest BCUT2D eigenvalue weighted by molar-refractivity contribution is 5.99. The first-order valence-electron chi connectivity index (χ1n) is 8.75. The molecule has 134 valence electrons. The van der Waals surface area contributed by atoms with Crippen molar-refractivity contribution in [3.8, 4) is 11.3 Å². The molecule has 0 spiro atoms. The number of benzene rings is 2. The van der Waals surface area contributed by atoms with Crippen molar-refractivity contribution in [3.63, 3.8) is 0 Å². The molecule has 26 heavy (non-hydrogen) atoms. The number of nitrogens with zero attached hydrogens (tertiary/aromatic N) is 2. The van der Waals surface area contributed by atoms with Gasteiger partial charge in [0.2, 0.25) is 0 Å². The summed E-state index contributed by atoms with van der Waals surface area (Å²) in [5.74, 6) is -0.173. The predicted octanol–water partition coefficient (Wildman–Crippen LogP) is 3.02. The third-order valence-electron chi connectivity index (χ3n) is 4.14. The molecule has 0 bridgehead atoms. The largest absolute Gasteiger partial charge is 0.396 e. The van der Waals surface area contributed by atoms with Crippen LogP contribution < -0.4 is 5.32 Å². The van der Waals surface area contributed by atoms with E-state index in [9.17, 15) is 4.79 Å². The molecule has 0 fully saturated rings. The summed E-state index contributed by atoms with van der Waals surface area (Å²) < 4.78 is 1.80. The molecule has 1 heterocycles. The maximum Gasteiger partial charge on any atom is 0.255 e. The fourth-order valence-electron chi connectivity index (χ4n) is 2.74. The van der Waals surface area contributed by atoms with Crippen LogP contribution in [0.5, 0.6) is 0 Å². The minimum absolute atomic E-state index is 0.0539. The monoisotopic (exact) mass is 349 g/mol. The van der Waals surface area contributed by atoms with E-state index in [2.05, 4.69) is 10.4 Å². The van der Waals surface area contributed by atoms with Gasteiger partial charge in [0, 0.05) is 24.9 Å². The van der Waals surface area contributed by atoms with Crippen molar-refractivity contribution in [2.45, 2.75) is 19.9 Å². The number of aryl methyl sites for hydroxylation is 1. The second-order valence-corrected chi connectivity index (χ2v) is 6.27. The van der Waals surface area contributed by atoms with Gasteiger partial charge < -0.3 is 10.4 Å². The summed E-state index contributed by atoms with van der Waals surface area (Å²) in [6.07, 6.45) is 2.32. The third kappa shape index (κ3) is 4.37. The van der Waals surface area contributed by atoms with Crippen LogP contribution in [0.3, 0.4) is 0 Å². The van der Waals surface area contributed by atoms with Gasteiger partial charge in [0.15, 0.2) is 0 Å². The number of amides is 1. The number of hydrogen-bond acceptors (Lipinski definition) is 3. The average molecular weight is 349 g/mol. The van der Waals surface area contributed by atoms with E-state index < -0.39 is 0 Å². The van der Waals surface area contributed by atoms with Gasteiger partial charge in [-0.15, -0.1) is 0 Å². The summed E-state index contributed by atoms with van der Waals surface area (Å²) in [5.41, 5.74) is 4.41. The Bertz CT molecular complexity index is 855. The highest BCUT2D eigenvalue weighted by Gasteiger charge is 2.17. The van der Waals surface area contributed by atoms with Crippen LogP contribution in [0.2, 0.25) is 0 Å². The van der Waals surface area contributed by atoms with Crippen LogP contribution in [-0.4, -0.2) is 33.9 Å². The van der Waals surface area contributed by atoms with E-state index in [1.165, 1.54) is 0 Å². The lowest BCUT2D eigenvalue weighted by Crippen LogP contribution is -2.25. The van der Waals surface area contributed by atoms with Crippen molar-refractivity contribution in [2.24, 2.45) is 0 Å². The zero-order chi connectivity index (χ0) is 18.4. The first-order chi connectivity index (χ1) is 12.7. The SMILES string of the molecule is Cc1ccc(-c2nn(Cc3ccccc3)cc2C(=O)NCCCO)cc1. The lowest BCUT2D eigenvalue weighted by atomic mass is 10.1. The Hall–Kier alpha value is -2.92. The zero-order valence-electron chi connectivity index (χ0n) is 14.9. The summed E-state index contributed by atoms with van der Waals surface area (Å²) in [7, 11) is 0. The molecule has 0 atom stereocenters. The van der Waals surface area contributed by atoms with Crippen LogP contribution in [0.25, 0.3) is 11.3 Å². The molecule has 3 aromatic rings. The van der Waals surface area contributed by atoms with Crippen LogP contribution in [0.4, 0.5) is 0 Å². The van der Waals surface area contributed by atoms with Crippen LogP contribution in [0.15, 0.2) is 60.8 Å². The molecule has 0 saturated heterocycles. The molecule has 1 amide bonds. The van der Waals surface area contributed by atoms with Gasteiger partial charge in [-0.25, -0.2) is 0 Å². The number of rotatable bonds is 7. The maximum atomic E-state index is 12.6. The first kappa shape index (κ1) is 17.9. The second-order valence-electron chi connectivity index (χ2n) is 6.27. The molecule has 2 N–H and O–H groups in total. The Morgan fingerprint density at radius 1 is 1.12 bits per heavy atom. The molecule has 0 saturated carbocycles. The molecule has 2 aromatic carbocycles.